The van der Waals surface area contributed by atoms with Crippen molar-refractivity contribution in [1.82, 2.24) is 9.38 Å². The lowest BCUT2D eigenvalue weighted by atomic mass is 9.94. The highest BCUT2D eigenvalue weighted by atomic mass is 16.5. The number of fused-ring (bicyclic) bond motifs is 2. The monoisotopic (exact) mass is 346 g/mol. The number of carbonyl (C=O) groups is 1. The first-order chi connectivity index (χ1) is 12.7. The Kier molecular flexibility index (Phi) is 3.39. The quantitative estimate of drug-likeness (QED) is 0.787. The normalized spacial score (nSPS) is 16.5. The highest BCUT2D eigenvalue weighted by Gasteiger charge is 2.24. The molecule has 3 aromatic rings. The molecule has 5 rings (SSSR count). The minimum atomic E-state index is 0.0296. The van der Waals surface area contributed by atoms with E-state index in [0.717, 1.165) is 46.8 Å². The molecule has 0 unspecified atom stereocenters. The number of imidazole rings is 1. The lowest BCUT2D eigenvalue weighted by Crippen LogP contribution is -2.25. The summed E-state index contributed by atoms with van der Waals surface area (Å²) in [6.45, 7) is 0.493. The number of benzene rings is 1. The number of Topliss-reactive ketones (excluding diaryl/α,β-unsaturated/α-hetero) is 1. The molecular formula is C20H18N4O2. The summed E-state index contributed by atoms with van der Waals surface area (Å²) in [5.41, 5.74) is 10.9. The van der Waals surface area contributed by atoms with Crippen LogP contribution >= 0.6 is 0 Å². The Balaban J connectivity index is 1.61. The smallest absolute Gasteiger partial charge is 0.184 e. The number of carbonyl (C=O) groups excluding carboxylic acids is 1. The van der Waals surface area contributed by atoms with Gasteiger partial charge in [0, 0.05) is 23.2 Å². The number of pyridine rings is 1. The number of nitrogens with two attached hydrogens (primary N) is 1. The zero-order valence-electron chi connectivity index (χ0n) is 14.2. The van der Waals surface area contributed by atoms with Crippen LogP contribution in [0.25, 0.3) is 16.9 Å². The molecule has 1 fully saturated rings. The van der Waals surface area contributed by atoms with E-state index in [1.54, 1.807) is 0 Å². The molecule has 2 aromatic heterocycles. The lowest BCUT2D eigenvalue weighted by Gasteiger charge is -2.16. The molecule has 2 aliphatic rings. The van der Waals surface area contributed by atoms with Crippen LogP contribution in [-0.4, -0.2) is 40.1 Å². The number of ketones is 1. The molecule has 0 atom stereocenters. The second-order valence-electron chi connectivity index (χ2n) is 6.70. The van der Waals surface area contributed by atoms with E-state index in [9.17, 15) is 4.79 Å². The summed E-state index contributed by atoms with van der Waals surface area (Å²) in [5.74, 6) is 0.874. The summed E-state index contributed by atoms with van der Waals surface area (Å²) >= 11 is 0. The third-order valence-corrected chi connectivity index (χ3v) is 4.84. The van der Waals surface area contributed by atoms with Crippen LogP contribution in [0.15, 0.2) is 47.7 Å². The molecule has 0 spiro atoms. The molecule has 1 aliphatic carbocycles. The maximum absolute atomic E-state index is 12.1. The predicted molar refractivity (Wildman–Crippen MR) is 99.1 cm³/mol. The number of ether oxygens (including phenoxy) is 1. The van der Waals surface area contributed by atoms with Gasteiger partial charge >= 0.3 is 0 Å². The van der Waals surface area contributed by atoms with Gasteiger partial charge in [0.1, 0.15) is 17.9 Å². The fourth-order valence-electron chi connectivity index (χ4n) is 3.32. The Hall–Kier alpha value is -2.99. The van der Waals surface area contributed by atoms with Gasteiger partial charge in [-0.25, -0.2) is 4.98 Å². The van der Waals surface area contributed by atoms with Crippen LogP contribution in [-0.2, 0) is 0 Å². The molecule has 6 nitrogen and oxygen atoms in total. The van der Waals surface area contributed by atoms with Crippen LogP contribution in [0.1, 0.15) is 28.8 Å². The molecule has 1 aromatic carbocycles. The van der Waals surface area contributed by atoms with Gasteiger partial charge in [0.2, 0.25) is 0 Å². The zero-order valence-corrected chi connectivity index (χ0v) is 14.2. The second-order valence-corrected chi connectivity index (χ2v) is 6.70. The van der Waals surface area contributed by atoms with Gasteiger partial charge < -0.3 is 10.5 Å². The Bertz CT molecular complexity index is 1060. The van der Waals surface area contributed by atoms with Gasteiger partial charge in [0.25, 0.3) is 0 Å². The summed E-state index contributed by atoms with van der Waals surface area (Å²) in [6, 6.07) is 9.70. The van der Waals surface area contributed by atoms with Crippen LogP contribution in [0.3, 0.4) is 0 Å². The van der Waals surface area contributed by atoms with Gasteiger partial charge in [-0.1, -0.05) is 6.07 Å². The van der Waals surface area contributed by atoms with Gasteiger partial charge in [-0.3, -0.25) is 14.2 Å². The van der Waals surface area contributed by atoms with E-state index in [2.05, 4.69) is 9.98 Å². The first-order valence-corrected chi connectivity index (χ1v) is 8.78. The van der Waals surface area contributed by atoms with Crippen molar-refractivity contribution >= 4 is 17.1 Å². The average Bonchev–Trinajstić information content (AvgIpc) is 3.38. The number of aliphatic imine (C=N–C) groups is 1. The van der Waals surface area contributed by atoms with E-state index < -0.39 is 0 Å². The molecule has 26 heavy (non-hydrogen) atoms. The molecule has 6 heteroatoms. The molecule has 2 N–H and O–H groups in total. The molecule has 1 saturated carbocycles. The number of hydrogen-bond donors (Lipinski definition) is 1. The molecular weight excluding hydrogens is 328 g/mol. The van der Waals surface area contributed by atoms with Crippen LogP contribution in [0.5, 0.6) is 5.75 Å². The molecule has 0 bridgehead atoms. The largest absolute Gasteiger partial charge is 0.489 e. The minimum absolute atomic E-state index is 0.0296. The van der Waals surface area contributed by atoms with Crippen molar-refractivity contribution in [3.8, 4) is 17.0 Å². The minimum Gasteiger partial charge on any atom is -0.489 e. The number of nitrogens with zero attached hydrogens (tertiary/aromatic N) is 3. The summed E-state index contributed by atoms with van der Waals surface area (Å²) in [4.78, 5) is 20.9. The van der Waals surface area contributed by atoms with Gasteiger partial charge in [-0.05, 0) is 37.1 Å². The van der Waals surface area contributed by atoms with Crippen molar-refractivity contribution in [1.29, 1.82) is 0 Å². The third kappa shape index (κ3) is 2.50. The summed E-state index contributed by atoms with van der Waals surface area (Å²) < 4.78 is 7.92. The van der Waals surface area contributed by atoms with E-state index in [0.29, 0.717) is 18.2 Å². The van der Waals surface area contributed by atoms with Crippen LogP contribution in [0.4, 0.5) is 0 Å². The van der Waals surface area contributed by atoms with Crippen molar-refractivity contribution < 1.29 is 9.53 Å². The first-order valence-electron chi connectivity index (χ1n) is 8.78. The second kappa shape index (κ2) is 5.78. The molecule has 0 saturated heterocycles. The van der Waals surface area contributed by atoms with Gasteiger partial charge in [0.15, 0.2) is 5.78 Å². The van der Waals surface area contributed by atoms with Gasteiger partial charge in [-0.2, -0.15) is 0 Å². The molecule has 3 heterocycles. The molecule has 0 amide bonds. The van der Waals surface area contributed by atoms with Crippen molar-refractivity contribution in [2.45, 2.75) is 18.9 Å². The van der Waals surface area contributed by atoms with E-state index in [-0.39, 0.29) is 12.3 Å². The first kappa shape index (κ1) is 15.3. The Morgan fingerprint density at radius 3 is 2.88 bits per heavy atom. The Morgan fingerprint density at radius 1 is 1.19 bits per heavy atom. The van der Waals surface area contributed by atoms with Crippen molar-refractivity contribution in [3.63, 3.8) is 0 Å². The number of hydrogen-bond acceptors (Lipinski definition) is 5. The topological polar surface area (TPSA) is 82.0 Å². The standard InChI is InChI=1S/C20H18N4O2/c21-8-17-16-7-12(1-5-15(16)19(25)10-22-17)18-9-23-20-6-4-14(11-24(18)20)26-13-2-3-13/h1,4-7,9,11,13H,2-3,8,10,21H2. The van der Waals surface area contributed by atoms with Gasteiger partial charge in [0.05, 0.1) is 29.9 Å². The van der Waals surface area contributed by atoms with E-state index in [4.69, 9.17) is 10.5 Å². The number of aromatic nitrogens is 2. The van der Waals surface area contributed by atoms with Crippen LogP contribution < -0.4 is 10.5 Å². The highest BCUT2D eigenvalue weighted by Crippen LogP contribution is 2.30. The molecule has 0 radical (unpaired) electrons. The van der Waals surface area contributed by atoms with Crippen LogP contribution in [0, 0.1) is 0 Å². The summed E-state index contributed by atoms with van der Waals surface area (Å²) in [5, 5.41) is 0. The fraction of sp³-hybridized carbons (Fsp3) is 0.250. The zero-order chi connectivity index (χ0) is 17.7. The fourth-order valence-corrected chi connectivity index (χ4v) is 3.32. The Labute approximate surface area is 150 Å². The molecule has 1 aliphatic heterocycles. The SMILES string of the molecule is NCC1=NCC(=O)c2ccc(-c3cnc4ccc(OC5CC5)cn34)cc21. The van der Waals surface area contributed by atoms with E-state index in [1.807, 2.05) is 47.1 Å². The third-order valence-electron chi connectivity index (χ3n) is 4.84. The maximum Gasteiger partial charge on any atom is 0.184 e. The predicted octanol–water partition coefficient (Wildman–Crippen LogP) is 2.49. The summed E-state index contributed by atoms with van der Waals surface area (Å²) in [7, 11) is 0. The lowest BCUT2D eigenvalue weighted by molar-refractivity contribution is 0.1000. The van der Waals surface area contributed by atoms with Crippen molar-refractivity contribution in [2.75, 3.05) is 13.1 Å². The van der Waals surface area contributed by atoms with Crippen molar-refractivity contribution in [3.05, 3.63) is 53.9 Å². The Morgan fingerprint density at radius 2 is 2.08 bits per heavy atom. The number of rotatable bonds is 4. The average molecular weight is 346 g/mol. The summed E-state index contributed by atoms with van der Waals surface area (Å²) in [6.07, 6.45) is 6.39. The maximum atomic E-state index is 12.1. The van der Waals surface area contributed by atoms with E-state index in [1.165, 1.54) is 0 Å². The van der Waals surface area contributed by atoms with Crippen LogP contribution in [0.2, 0.25) is 0 Å². The van der Waals surface area contributed by atoms with Crippen molar-refractivity contribution in [2.24, 2.45) is 10.7 Å². The van der Waals surface area contributed by atoms with Gasteiger partial charge in [-0.15, -0.1) is 0 Å². The van der Waals surface area contributed by atoms with E-state index >= 15 is 0 Å². The highest BCUT2D eigenvalue weighted by molar-refractivity contribution is 6.16. The molecule has 130 valence electrons.